The third-order valence-electron chi connectivity index (χ3n) is 5.82. The number of hydrogen-bond acceptors (Lipinski definition) is 10. The van der Waals surface area contributed by atoms with Crippen LogP contribution in [0, 0.1) is 0 Å². The van der Waals surface area contributed by atoms with Gasteiger partial charge in [0.2, 0.25) is 6.29 Å². The van der Waals surface area contributed by atoms with Gasteiger partial charge < -0.3 is 49.6 Å². The minimum Gasteiger partial charge on any atom is -0.504 e. The van der Waals surface area contributed by atoms with E-state index in [0.717, 1.165) is 5.56 Å². The molecule has 35 heavy (non-hydrogen) atoms. The Labute approximate surface area is 203 Å². The maximum atomic E-state index is 10.4. The summed E-state index contributed by atoms with van der Waals surface area (Å²) < 4.78 is 22.1. The van der Waals surface area contributed by atoms with Crippen molar-refractivity contribution in [3.05, 3.63) is 53.1 Å². The van der Waals surface area contributed by atoms with Crippen molar-refractivity contribution in [2.75, 3.05) is 34.0 Å². The van der Waals surface area contributed by atoms with E-state index in [0.29, 0.717) is 23.3 Å². The van der Waals surface area contributed by atoms with Gasteiger partial charge in [-0.1, -0.05) is 18.2 Å². The van der Waals surface area contributed by atoms with Crippen LogP contribution in [0.25, 0.3) is 6.08 Å². The second-order valence-electron chi connectivity index (χ2n) is 8.18. The third-order valence-corrected chi connectivity index (χ3v) is 5.82. The van der Waals surface area contributed by atoms with Crippen molar-refractivity contribution in [1.29, 1.82) is 0 Å². The molecule has 6 N–H and O–H groups in total. The topological polar surface area (TPSA) is 158 Å². The van der Waals surface area contributed by atoms with Crippen molar-refractivity contribution in [1.82, 2.24) is 0 Å². The largest absolute Gasteiger partial charge is 0.504 e. The van der Waals surface area contributed by atoms with E-state index in [4.69, 9.17) is 18.9 Å². The summed E-state index contributed by atoms with van der Waals surface area (Å²) >= 11 is 0. The van der Waals surface area contributed by atoms with Crippen LogP contribution in [0.15, 0.2) is 36.4 Å². The molecule has 10 nitrogen and oxygen atoms in total. The summed E-state index contributed by atoms with van der Waals surface area (Å²) in [6.07, 6.45) is -1.99. The number of aromatic hydroxyl groups is 1. The highest BCUT2D eigenvalue weighted by Crippen LogP contribution is 2.41. The van der Waals surface area contributed by atoms with E-state index >= 15 is 0 Å². The predicted molar refractivity (Wildman–Crippen MR) is 126 cm³/mol. The minimum atomic E-state index is -1.53. The van der Waals surface area contributed by atoms with E-state index in [9.17, 15) is 30.6 Å². The Bertz CT molecular complexity index is 1010. The zero-order chi connectivity index (χ0) is 25.5. The van der Waals surface area contributed by atoms with Crippen molar-refractivity contribution in [3.63, 3.8) is 0 Å². The standard InChI is InChI=1S/C25H32O10/c1-32-20-10-15(5-6-18(20)28)8-16(12-27)17-9-14(4-3-7-26)11-21(33-2)24(17)35-25-23(31)22(30)19(29)13-34-25/h3-6,9-11,16,19,22-23,25-31H,7-8,12-13H2,1-2H3/b4-3+/t16-,19+,22-,23+,25-/m0/s1. The second kappa shape index (κ2) is 12.2. The SMILES string of the molecule is COc1cc(C[C@@H](CO)c2cc(/C=C/CO)cc(OC)c2O[C@@H]2OC[C@@H](O)[C@H](O)[C@H]2O)ccc1O. The van der Waals surface area contributed by atoms with E-state index < -0.39 is 30.5 Å². The van der Waals surface area contributed by atoms with Crippen molar-refractivity contribution in [2.45, 2.75) is 36.9 Å². The van der Waals surface area contributed by atoms with Gasteiger partial charge in [-0.2, -0.15) is 0 Å². The fourth-order valence-electron chi connectivity index (χ4n) is 3.92. The summed E-state index contributed by atoms with van der Waals surface area (Å²) in [5, 5.41) is 59.6. The minimum absolute atomic E-state index is 0.0113. The molecule has 0 unspecified atom stereocenters. The molecule has 0 radical (unpaired) electrons. The molecule has 5 atom stereocenters. The molecule has 192 valence electrons. The number of phenols is 1. The Kier molecular flexibility index (Phi) is 9.33. The number of benzene rings is 2. The van der Waals surface area contributed by atoms with Gasteiger partial charge in [0.25, 0.3) is 0 Å². The molecule has 10 heteroatoms. The summed E-state index contributed by atoms with van der Waals surface area (Å²) in [5.41, 5.74) is 1.96. The van der Waals surface area contributed by atoms with Gasteiger partial charge in [0, 0.05) is 11.5 Å². The zero-order valence-electron chi connectivity index (χ0n) is 19.6. The Morgan fingerprint density at radius 1 is 1.03 bits per heavy atom. The Morgan fingerprint density at radius 2 is 1.77 bits per heavy atom. The fraction of sp³-hybridized carbons (Fsp3) is 0.440. The van der Waals surface area contributed by atoms with Crippen LogP contribution in [0.2, 0.25) is 0 Å². The molecule has 0 amide bonds. The molecule has 1 aliphatic rings. The first-order chi connectivity index (χ1) is 16.8. The van der Waals surface area contributed by atoms with E-state index in [-0.39, 0.29) is 37.1 Å². The van der Waals surface area contributed by atoms with Crippen LogP contribution in [0.1, 0.15) is 22.6 Å². The molecule has 0 aromatic heterocycles. The van der Waals surface area contributed by atoms with Gasteiger partial charge in [0.1, 0.15) is 18.3 Å². The number of phenolic OH excluding ortho intramolecular Hbond substituents is 1. The first-order valence-corrected chi connectivity index (χ1v) is 11.1. The van der Waals surface area contributed by atoms with Gasteiger partial charge in [0.15, 0.2) is 23.0 Å². The number of methoxy groups -OCH3 is 2. The first-order valence-electron chi connectivity index (χ1n) is 11.1. The molecule has 1 heterocycles. The second-order valence-corrected chi connectivity index (χ2v) is 8.18. The van der Waals surface area contributed by atoms with Crippen molar-refractivity contribution >= 4 is 6.08 Å². The summed E-state index contributed by atoms with van der Waals surface area (Å²) in [5.74, 6) is 0.221. The zero-order valence-corrected chi connectivity index (χ0v) is 19.6. The molecule has 3 rings (SSSR count). The molecule has 1 aliphatic heterocycles. The molecular formula is C25H32O10. The number of ether oxygens (including phenoxy) is 4. The highest BCUT2D eigenvalue weighted by atomic mass is 16.7. The van der Waals surface area contributed by atoms with Gasteiger partial charge in [-0.05, 0) is 41.8 Å². The maximum Gasteiger partial charge on any atom is 0.229 e. The van der Waals surface area contributed by atoms with Crippen LogP contribution in [-0.4, -0.2) is 89.3 Å². The van der Waals surface area contributed by atoms with E-state index in [1.165, 1.54) is 20.3 Å². The number of hydrogen-bond donors (Lipinski definition) is 6. The average Bonchev–Trinajstić information content (AvgIpc) is 2.87. The lowest BCUT2D eigenvalue weighted by molar-refractivity contribution is -0.242. The molecule has 1 saturated heterocycles. The number of aliphatic hydroxyl groups is 5. The predicted octanol–water partition coefficient (Wildman–Crippen LogP) is 0.551. The summed E-state index contributed by atoms with van der Waals surface area (Å²) in [6, 6.07) is 8.28. The van der Waals surface area contributed by atoms with Crippen LogP contribution in [0.4, 0.5) is 0 Å². The molecule has 2 aromatic carbocycles. The highest BCUT2D eigenvalue weighted by molar-refractivity contribution is 5.60. The summed E-state index contributed by atoms with van der Waals surface area (Å²) in [4.78, 5) is 0. The Balaban J connectivity index is 2.04. The van der Waals surface area contributed by atoms with Crippen LogP contribution < -0.4 is 14.2 Å². The molecule has 2 aromatic rings. The smallest absolute Gasteiger partial charge is 0.229 e. The van der Waals surface area contributed by atoms with Crippen molar-refractivity contribution in [3.8, 4) is 23.0 Å². The summed E-state index contributed by atoms with van der Waals surface area (Å²) in [6.45, 7) is -0.700. The van der Waals surface area contributed by atoms with E-state index in [1.54, 1.807) is 36.4 Å². The highest BCUT2D eigenvalue weighted by Gasteiger charge is 2.40. The van der Waals surface area contributed by atoms with Crippen LogP contribution in [0.5, 0.6) is 23.0 Å². The quantitative estimate of drug-likeness (QED) is 0.277. The Hall–Kier alpha value is -2.86. The lowest BCUT2D eigenvalue weighted by Gasteiger charge is -2.36. The van der Waals surface area contributed by atoms with Crippen LogP contribution in [0.3, 0.4) is 0 Å². The lowest BCUT2D eigenvalue weighted by atomic mass is 9.90. The van der Waals surface area contributed by atoms with Crippen molar-refractivity contribution < 1.29 is 49.6 Å². The van der Waals surface area contributed by atoms with Crippen LogP contribution in [-0.2, 0) is 11.2 Å². The lowest BCUT2D eigenvalue weighted by Crippen LogP contribution is -2.54. The number of rotatable bonds is 10. The van der Waals surface area contributed by atoms with Gasteiger partial charge in [-0.25, -0.2) is 0 Å². The van der Waals surface area contributed by atoms with Crippen LogP contribution >= 0.6 is 0 Å². The van der Waals surface area contributed by atoms with E-state index in [2.05, 4.69) is 0 Å². The monoisotopic (exact) mass is 492 g/mol. The van der Waals surface area contributed by atoms with Crippen molar-refractivity contribution in [2.24, 2.45) is 0 Å². The number of aliphatic hydroxyl groups excluding tert-OH is 5. The fourth-order valence-corrected chi connectivity index (χ4v) is 3.92. The van der Waals surface area contributed by atoms with Gasteiger partial charge >= 0.3 is 0 Å². The maximum absolute atomic E-state index is 10.4. The van der Waals surface area contributed by atoms with Gasteiger partial charge in [-0.3, -0.25) is 0 Å². The normalized spacial score (nSPS) is 23.3. The molecule has 0 bridgehead atoms. The molecule has 0 saturated carbocycles. The molecule has 0 spiro atoms. The third kappa shape index (κ3) is 6.23. The average molecular weight is 493 g/mol. The molecule has 0 aliphatic carbocycles. The van der Waals surface area contributed by atoms with E-state index in [1.807, 2.05) is 0 Å². The molecule has 1 fully saturated rings. The van der Waals surface area contributed by atoms with Gasteiger partial charge in [-0.15, -0.1) is 0 Å². The molecular weight excluding hydrogens is 460 g/mol. The van der Waals surface area contributed by atoms with Gasteiger partial charge in [0.05, 0.1) is 34.0 Å². The Morgan fingerprint density at radius 3 is 2.43 bits per heavy atom. The first kappa shape index (κ1) is 26.7. The summed E-state index contributed by atoms with van der Waals surface area (Å²) in [7, 11) is 2.87.